The second-order valence-electron chi connectivity index (χ2n) is 7.25. The van der Waals surface area contributed by atoms with Crippen molar-refractivity contribution in [3.63, 3.8) is 0 Å². The minimum Gasteiger partial charge on any atom is -0.480 e. The number of amides is 2. The Kier molecular flexibility index (Phi) is 7.16. The van der Waals surface area contributed by atoms with E-state index in [1.54, 1.807) is 28.7 Å². The number of likely N-dealkylation sites (tertiary alicyclic amines) is 1. The largest absolute Gasteiger partial charge is 0.480 e. The summed E-state index contributed by atoms with van der Waals surface area (Å²) in [5.41, 5.74) is 3.11. The molecule has 1 aliphatic rings. The number of nitrogens with zero attached hydrogens (tertiary/aromatic N) is 4. The first-order chi connectivity index (χ1) is 14.0. The van der Waals surface area contributed by atoms with Crippen molar-refractivity contribution in [1.82, 2.24) is 25.1 Å². The van der Waals surface area contributed by atoms with E-state index in [1.165, 1.54) is 18.4 Å². The number of carbonyl (C=O) groups excluding carboxylic acids is 2. The number of hydrogen-bond donors (Lipinski definition) is 1. The monoisotopic (exact) mass is 417 g/mol. The number of carbonyl (C=O) groups is 2. The zero-order chi connectivity index (χ0) is 20.8. The quantitative estimate of drug-likeness (QED) is 0.705. The van der Waals surface area contributed by atoms with Gasteiger partial charge in [0.15, 0.2) is 0 Å². The molecule has 0 saturated carbocycles. The van der Waals surface area contributed by atoms with Crippen LogP contribution in [0.1, 0.15) is 35.3 Å². The molecule has 1 fully saturated rings. The number of aromatic nitrogens is 2. The first kappa shape index (κ1) is 21.2. The van der Waals surface area contributed by atoms with Crippen LogP contribution in [0.4, 0.5) is 0 Å². The van der Waals surface area contributed by atoms with E-state index >= 15 is 0 Å². The third-order valence-electron chi connectivity index (χ3n) is 5.41. The molecule has 0 unspecified atom stereocenters. The van der Waals surface area contributed by atoms with Crippen molar-refractivity contribution >= 4 is 23.2 Å². The van der Waals surface area contributed by atoms with Crippen LogP contribution in [0.25, 0.3) is 0 Å². The number of ether oxygens (including phenoxy) is 1. The van der Waals surface area contributed by atoms with Crippen molar-refractivity contribution < 1.29 is 14.3 Å². The number of hydrogen-bond acceptors (Lipinski definition) is 7. The smallest absolute Gasteiger partial charge is 0.256 e. The molecule has 156 valence electrons. The van der Waals surface area contributed by atoms with Crippen LogP contribution in [0.2, 0.25) is 0 Å². The average molecular weight is 418 g/mol. The molecule has 29 heavy (non-hydrogen) atoms. The number of thiazole rings is 1. The van der Waals surface area contributed by atoms with Crippen LogP contribution in [0.5, 0.6) is 5.88 Å². The Bertz CT molecular complexity index is 829. The SMILES string of the molecule is COc1ncccc1C(=O)NC[C@@H]1CC[C@H](CC(=O)N(C)Cc2cscn2)N1C. The zero-order valence-electron chi connectivity index (χ0n) is 17.0. The van der Waals surface area contributed by atoms with Gasteiger partial charge in [-0.05, 0) is 32.0 Å². The molecule has 0 radical (unpaired) electrons. The molecule has 2 atom stereocenters. The number of rotatable bonds is 8. The standard InChI is InChI=1S/C20H27N5O3S/c1-24(11-14-12-29-13-23-14)18(26)9-15-6-7-16(25(15)2)10-22-19(27)17-5-4-8-21-20(17)28-3/h4-5,8,12-13,15-16H,6-7,9-11H2,1-3H3,(H,22,27)/t15-,16+/m1/s1. The highest BCUT2D eigenvalue weighted by Gasteiger charge is 2.32. The lowest BCUT2D eigenvalue weighted by atomic mass is 10.1. The maximum atomic E-state index is 12.6. The van der Waals surface area contributed by atoms with Crippen LogP contribution in [0.3, 0.4) is 0 Å². The molecule has 9 heteroatoms. The normalized spacial score (nSPS) is 19.1. The molecule has 0 aromatic carbocycles. The Hall–Kier alpha value is -2.52. The fourth-order valence-electron chi connectivity index (χ4n) is 3.62. The molecule has 2 aromatic rings. The second kappa shape index (κ2) is 9.80. The number of likely N-dealkylation sites (N-methyl/N-ethyl adjacent to an activating group) is 1. The summed E-state index contributed by atoms with van der Waals surface area (Å²) in [4.78, 5) is 37.3. The molecule has 1 saturated heterocycles. The third-order valence-corrected chi connectivity index (χ3v) is 6.05. The number of methoxy groups -OCH3 is 1. The highest BCUT2D eigenvalue weighted by Crippen LogP contribution is 2.25. The number of pyridine rings is 1. The molecule has 8 nitrogen and oxygen atoms in total. The van der Waals surface area contributed by atoms with Gasteiger partial charge in [-0.25, -0.2) is 9.97 Å². The highest BCUT2D eigenvalue weighted by atomic mass is 32.1. The van der Waals surface area contributed by atoms with E-state index in [4.69, 9.17) is 4.74 Å². The lowest BCUT2D eigenvalue weighted by Crippen LogP contribution is -2.42. The van der Waals surface area contributed by atoms with Crippen molar-refractivity contribution in [2.24, 2.45) is 0 Å². The molecule has 0 spiro atoms. The topological polar surface area (TPSA) is 87.7 Å². The fourth-order valence-corrected chi connectivity index (χ4v) is 4.17. The predicted molar refractivity (Wildman–Crippen MR) is 111 cm³/mol. The van der Waals surface area contributed by atoms with Crippen molar-refractivity contribution in [3.05, 3.63) is 40.5 Å². The fraction of sp³-hybridized carbons (Fsp3) is 0.500. The molecule has 0 aliphatic carbocycles. The summed E-state index contributed by atoms with van der Waals surface area (Å²) in [7, 11) is 5.33. The number of nitrogens with one attached hydrogen (secondary N) is 1. The van der Waals surface area contributed by atoms with E-state index in [9.17, 15) is 9.59 Å². The van der Waals surface area contributed by atoms with Crippen LogP contribution in [-0.4, -0.2) is 71.4 Å². The lowest BCUT2D eigenvalue weighted by molar-refractivity contribution is -0.131. The Morgan fingerprint density at radius 2 is 2.14 bits per heavy atom. The van der Waals surface area contributed by atoms with E-state index in [2.05, 4.69) is 20.2 Å². The minimum absolute atomic E-state index is 0.111. The van der Waals surface area contributed by atoms with Crippen molar-refractivity contribution in [2.45, 2.75) is 37.9 Å². The summed E-state index contributed by atoms with van der Waals surface area (Å²) < 4.78 is 5.15. The van der Waals surface area contributed by atoms with Crippen LogP contribution < -0.4 is 10.1 Å². The molecular weight excluding hydrogens is 390 g/mol. The lowest BCUT2D eigenvalue weighted by Gasteiger charge is -2.27. The summed E-state index contributed by atoms with van der Waals surface area (Å²) >= 11 is 1.53. The average Bonchev–Trinajstić information content (AvgIpc) is 3.36. The van der Waals surface area contributed by atoms with Crippen LogP contribution in [0.15, 0.2) is 29.2 Å². The Balaban J connectivity index is 1.48. The van der Waals surface area contributed by atoms with Crippen molar-refractivity contribution in [1.29, 1.82) is 0 Å². The van der Waals surface area contributed by atoms with Gasteiger partial charge < -0.3 is 15.0 Å². The zero-order valence-corrected chi connectivity index (χ0v) is 17.8. The van der Waals surface area contributed by atoms with Gasteiger partial charge in [0.1, 0.15) is 5.56 Å². The molecule has 3 heterocycles. The molecule has 1 N–H and O–H groups in total. The van der Waals surface area contributed by atoms with E-state index in [1.807, 2.05) is 19.5 Å². The van der Waals surface area contributed by atoms with Crippen LogP contribution in [-0.2, 0) is 11.3 Å². The van der Waals surface area contributed by atoms with Crippen molar-refractivity contribution in [3.8, 4) is 5.88 Å². The second-order valence-corrected chi connectivity index (χ2v) is 7.97. The van der Waals surface area contributed by atoms with Gasteiger partial charge in [0.25, 0.3) is 5.91 Å². The summed E-state index contributed by atoms with van der Waals surface area (Å²) in [5, 5.41) is 4.93. The molecule has 2 amide bonds. The van der Waals surface area contributed by atoms with Gasteiger partial charge in [-0.2, -0.15) is 0 Å². The van der Waals surface area contributed by atoms with E-state index in [0.717, 1.165) is 18.5 Å². The summed E-state index contributed by atoms with van der Waals surface area (Å²) in [6.07, 6.45) is 3.93. The molecular formula is C20H27N5O3S. The van der Waals surface area contributed by atoms with Gasteiger partial charge in [-0.15, -0.1) is 11.3 Å². The van der Waals surface area contributed by atoms with Gasteiger partial charge in [0.05, 0.1) is 24.9 Å². The van der Waals surface area contributed by atoms with Gasteiger partial charge in [0.2, 0.25) is 11.8 Å². The first-order valence-electron chi connectivity index (χ1n) is 9.59. The maximum Gasteiger partial charge on any atom is 0.256 e. The summed E-state index contributed by atoms with van der Waals surface area (Å²) in [6, 6.07) is 3.78. The molecule has 2 aromatic heterocycles. The van der Waals surface area contributed by atoms with Crippen LogP contribution in [0, 0.1) is 0 Å². The van der Waals surface area contributed by atoms with E-state index in [-0.39, 0.29) is 23.9 Å². The Labute approximate surface area is 174 Å². The van der Waals surface area contributed by atoms with Gasteiger partial charge in [-0.1, -0.05) is 0 Å². The molecule has 0 bridgehead atoms. The predicted octanol–water partition coefficient (Wildman–Crippen LogP) is 1.79. The summed E-state index contributed by atoms with van der Waals surface area (Å²) in [6.45, 7) is 1.05. The van der Waals surface area contributed by atoms with Gasteiger partial charge in [0, 0.05) is 43.7 Å². The van der Waals surface area contributed by atoms with Gasteiger partial charge in [-0.3, -0.25) is 14.5 Å². The minimum atomic E-state index is -0.203. The summed E-state index contributed by atoms with van der Waals surface area (Å²) in [5.74, 6) is 0.224. The molecule has 3 rings (SSSR count). The van der Waals surface area contributed by atoms with Crippen molar-refractivity contribution in [2.75, 3.05) is 27.7 Å². The van der Waals surface area contributed by atoms with Gasteiger partial charge >= 0.3 is 0 Å². The van der Waals surface area contributed by atoms with E-state index in [0.29, 0.717) is 31.0 Å². The van der Waals surface area contributed by atoms with Crippen LogP contribution >= 0.6 is 11.3 Å². The Morgan fingerprint density at radius 3 is 2.86 bits per heavy atom. The maximum absolute atomic E-state index is 12.6. The first-order valence-corrected chi connectivity index (χ1v) is 10.5. The Morgan fingerprint density at radius 1 is 1.34 bits per heavy atom. The van der Waals surface area contributed by atoms with E-state index < -0.39 is 0 Å². The highest BCUT2D eigenvalue weighted by molar-refractivity contribution is 7.07. The molecule has 1 aliphatic heterocycles. The third kappa shape index (κ3) is 5.30.